The average molecular weight is 471 g/mol. The Bertz CT molecular complexity index is 1380. The molecule has 0 N–H and O–H groups in total. The van der Waals surface area contributed by atoms with E-state index in [1.54, 1.807) is 29.2 Å². The zero-order valence-corrected chi connectivity index (χ0v) is 18.6. The lowest BCUT2D eigenvalue weighted by molar-refractivity contribution is -0.129. The Kier molecular flexibility index (Phi) is 6.20. The van der Waals surface area contributed by atoms with Crippen molar-refractivity contribution >= 4 is 32.8 Å². The molecule has 33 heavy (non-hydrogen) atoms. The maximum atomic E-state index is 13.0. The lowest BCUT2D eigenvalue weighted by atomic mass is 10.2. The highest BCUT2D eigenvalue weighted by atomic mass is 32.2. The number of esters is 1. The van der Waals surface area contributed by atoms with Crippen molar-refractivity contribution < 1.29 is 22.7 Å². The second-order valence-electron chi connectivity index (χ2n) is 7.41. The predicted molar refractivity (Wildman–Crippen MR) is 117 cm³/mol. The lowest BCUT2D eigenvalue weighted by Gasteiger charge is -2.33. The number of hydrogen-bond acceptors (Lipinski definition) is 8. The predicted octanol–water partition coefficient (Wildman–Crippen LogP) is 0.459. The Morgan fingerprint density at radius 3 is 2.48 bits per heavy atom. The molecule has 1 aliphatic heterocycles. The van der Waals surface area contributed by atoms with E-state index in [9.17, 15) is 22.8 Å². The zero-order chi connectivity index (χ0) is 23.6. The number of carbonyl (C=O) groups excluding carboxylic acids is 2. The lowest BCUT2D eigenvalue weighted by Crippen LogP contribution is -2.49. The van der Waals surface area contributed by atoms with Crippen molar-refractivity contribution in [3.05, 3.63) is 64.4 Å². The van der Waals surface area contributed by atoms with Crippen LogP contribution >= 0.6 is 0 Å². The molecule has 0 atom stereocenters. The minimum Gasteiger partial charge on any atom is -0.439 e. The van der Waals surface area contributed by atoms with E-state index in [4.69, 9.17) is 4.74 Å². The zero-order valence-electron chi connectivity index (χ0n) is 17.7. The molecule has 1 fully saturated rings. The molecule has 1 aliphatic rings. The molecule has 2 heterocycles. The molecule has 1 saturated heterocycles. The minimum atomic E-state index is -3.86. The van der Waals surface area contributed by atoms with Gasteiger partial charge in [0.2, 0.25) is 15.9 Å². The summed E-state index contributed by atoms with van der Waals surface area (Å²) in [7, 11) is -3.86. The van der Waals surface area contributed by atoms with Crippen molar-refractivity contribution in [3.63, 3.8) is 0 Å². The molecule has 0 spiro atoms. The van der Waals surface area contributed by atoms with E-state index in [1.165, 1.54) is 35.5 Å². The van der Waals surface area contributed by atoms with Gasteiger partial charge in [-0.1, -0.05) is 23.4 Å². The van der Waals surface area contributed by atoms with Crippen molar-refractivity contribution in [2.24, 2.45) is 0 Å². The fourth-order valence-corrected chi connectivity index (χ4v) is 4.96. The van der Waals surface area contributed by atoms with Crippen LogP contribution in [0, 0.1) is 0 Å². The van der Waals surface area contributed by atoms with Gasteiger partial charge in [-0.2, -0.15) is 8.99 Å². The summed E-state index contributed by atoms with van der Waals surface area (Å²) in [4.78, 5) is 38.0. The quantitative estimate of drug-likeness (QED) is 0.490. The number of rotatable bonds is 5. The van der Waals surface area contributed by atoms with Crippen LogP contribution in [0.15, 0.2) is 58.2 Å². The summed E-state index contributed by atoms with van der Waals surface area (Å²) in [5.41, 5.74) is -0.0261. The Balaban J connectivity index is 1.47. The summed E-state index contributed by atoms with van der Waals surface area (Å²) >= 11 is 0. The van der Waals surface area contributed by atoms with Crippen molar-refractivity contribution in [2.75, 3.05) is 26.2 Å². The molecule has 1 aromatic heterocycles. The van der Waals surface area contributed by atoms with Gasteiger partial charge in [-0.3, -0.25) is 9.59 Å². The van der Waals surface area contributed by atoms with Crippen LogP contribution in [0.1, 0.15) is 17.3 Å². The van der Waals surface area contributed by atoms with Gasteiger partial charge in [-0.05, 0) is 30.3 Å². The monoisotopic (exact) mass is 471 g/mol. The molecule has 4 rings (SSSR count). The molecule has 1 amide bonds. The van der Waals surface area contributed by atoms with E-state index in [2.05, 4.69) is 10.3 Å². The average Bonchev–Trinajstić information content (AvgIpc) is 2.83. The SMILES string of the molecule is CC(=O)N1CCN(S(=O)(=O)c2cccc(C(=O)OCn3nnc4ccccc4c3=O)c2)CC1. The molecule has 12 heteroatoms. The van der Waals surface area contributed by atoms with Crippen LogP contribution in [0.2, 0.25) is 0 Å². The first-order chi connectivity index (χ1) is 15.8. The number of sulfonamides is 1. The van der Waals surface area contributed by atoms with Gasteiger partial charge in [0, 0.05) is 33.1 Å². The molecule has 11 nitrogen and oxygen atoms in total. The second-order valence-corrected chi connectivity index (χ2v) is 9.35. The van der Waals surface area contributed by atoms with Crippen LogP contribution in [0.5, 0.6) is 0 Å². The number of nitrogens with zero attached hydrogens (tertiary/aromatic N) is 5. The first kappa shape index (κ1) is 22.6. The van der Waals surface area contributed by atoms with E-state index in [0.29, 0.717) is 24.0 Å². The number of fused-ring (bicyclic) bond motifs is 1. The maximum Gasteiger partial charge on any atom is 0.339 e. The Hall–Kier alpha value is -3.64. The number of ether oxygens (including phenoxy) is 1. The number of amides is 1. The summed E-state index contributed by atoms with van der Waals surface area (Å²) in [5, 5.41) is 8.01. The van der Waals surface area contributed by atoms with Gasteiger partial charge >= 0.3 is 5.97 Å². The van der Waals surface area contributed by atoms with Crippen molar-refractivity contribution in [2.45, 2.75) is 18.6 Å². The van der Waals surface area contributed by atoms with Crippen molar-refractivity contribution in [1.29, 1.82) is 0 Å². The molecule has 172 valence electrons. The van der Waals surface area contributed by atoms with Crippen molar-refractivity contribution in [1.82, 2.24) is 24.2 Å². The van der Waals surface area contributed by atoms with Crippen LogP contribution in [0.25, 0.3) is 10.9 Å². The molecule has 0 aliphatic carbocycles. The third kappa shape index (κ3) is 4.61. The fraction of sp³-hybridized carbons (Fsp3) is 0.286. The normalized spacial score (nSPS) is 14.9. The summed E-state index contributed by atoms with van der Waals surface area (Å²) in [5.74, 6) is -0.915. The van der Waals surface area contributed by atoms with Gasteiger partial charge in [-0.15, -0.1) is 5.10 Å². The Morgan fingerprint density at radius 1 is 1.03 bits per heavy atom. The largest absolute Gasteiger partial charge is 0.439 e. The number of carbonyl (C=O) groups is 2. The molecule has 2 aromatic carbocycles. The molecule has 0 bridgehead atoms. The van der Waals surface area contributed by atoms with Gasteiger partial charge < -0.3 is 9.64 Å². The van der Waals surface area contributed by atoms with Crippen LogP contribution in [-0.2, 0) is 26.3 Å². The standard InChI is InChI=1S/C21H21N5O6S/c1-15(27)24-9-11-25(12-10-24)33(30,31)17-6-4-5-16(13-17)21(29)32-14-26-20(28)18-7-2-3-8-19(18)22-23-26/h2-8,13H,9-12,14H2,1H3. The Morgan fingerprint density at radius 2 is 1.76 bits per heavy atom. The van der Waals surface area contributed by atoms with E-state index in [0.717, 1.165) is 4.68 Å². The van der Waals surface area contributed by atoms with E-state index in [1.807, 2.05) is 0 Å². The Labute approximate surface area is 189 Å². The summed E-state index contributed by atoms with van der Waals surface area (Å²) in [6.45, 7) is 1.91. The molecule has 3 aromatic rings. The number of aromatic nitrogens is 3. The molecule has 0 radical (unpaired) electrons. The minimum absolute atomic E-state index is 0.0141. The van der Waals surface area contributed by atoms with E-state index < -0.39 is 28.3 Å². The summed E-state index contributed by atoms with van der Waals surface area (Å²) in [6.07, 6.45) is 0. The smallest absolute Gasteiger partial charge is 0.339 e. The molecule has 0 saturated carbocycles. The van der Waals surface area contributed by atoms with Gasteiger partial charge in [-0.25, -0.2) is 13.2 Å². The topological polar surface area (TPSA) is 132 Å². The van der Waals surface area contributed by atoms with E-state index >= 15 is 0 Å². The highest BCUT2D eigenvalue weighted by molar-refractivity contribution is 7.89. The number of benzene rings is 2. The highest BCUT2D eigenvalue weighted by Gasteiger charge is 2.29. The van der Waals surface area contributed by atoms with Crippen LogP contribution in [-0.4, -0.2) is 70.7 Å². The maximum absolute atomic E-state index is 13.0. The fourth-order valence-electron chi connectivity index (χ4n) is 3.49. The molecular weight excluding hydrogens is 450 g/mol. The van der Waals surface area contributed by atoms with Gasteiger partial charge in [0.25, 0.3) is 5.56 Å². The first-order valence-corrected chi connectivity index (χ1v) is 11.6. The van der Waals surface area contributed by atoms with E-state index in [-0.39, 0.29) is 29.5 Å². The number of hydrogen-bond donors (Lipinski definition) is 0. The third-order valence-corrected chi connectivity index (χ3v) is 7.23. The molecular formula is C21H21N5O6S. The first-order valence-electron chi connectivity index (χ1n) is 10.1. The summed E-state index contributed by atoms with van der Waals surface area (Å²) in [6, 6.07) is 12.1. The highest BCUT2D eigenvalue weighted by Crippen LogP contribution is 2.19. The van der Waals surface area contributed by atoms with Gasteiger partial charge in [0.15, 0.2) is 6.73 Å². The molecule has 0 unspecified atom stereocenters. The second kappa shape index (κ2) is 9.08. The van der Waals surface area contributed by atoms with Gasteiger partial charge in [0.1, 0.15) is 5.52 Å². The van der Waals surface area contributed by atoms with Crippen LogP contribution in [0.3, 0.4) is 0 Å². The van der Waals surface area contributed by atoms with Crippen molar-refractivity contribution in [3.8, 4) is 0 Å². The van der Waals surface area contributed by atoms with Crippen LogP contribution < -0.4 is 5.56 Å². The van der Waals surface area contributed by atoms with Gasteiger partial charge in [0.05, 0.1) is 15.8 Å². The summed E-state index contributed by atoms with van der Waals surface area (Å²) < 4.78 is 33.3. The van der Waals surface area contributed by atoms with Crippen LogP contribution in [0.4, 0.5) is 0 Å². The third-order valence-electron chi connectivity index (χ3n) is 5.34. The number of piperazine rings is 1.